The minimum absolute atomic E-state index is 0.505. The van der Waals surface area contributed by atoms with Crippen molar-refractivity contribution in [1.82, 2.24) is 4.98 Å². The molecule has 1 heterocycles. The number of fused-ring (bicyclic) bond motifs is 1. The Kier molecular flexibility index (Phi) is 4.80. The second-order valence-corrected chi connectivity index (χ2v) is 6.59. The van der Waals surface area contributed by atoms with Crippen LogP contribution in [0.15, 0.2) is 67.0 Å². The summed E-state index contributed by atoms with van der Waals surface area (Å²) in [5.74, 6) is 0. The van der Waals surface area contributed by atoms with Crippen molar-refractivity contribution >= 4 is 33.3 Å². The molecular weight excluding hydrogens is 331 g/mol. The molecule has 2 atom stereocenters. The first-order valence-corrected chi connectivity index (χ1v) is 9.30. The average Bonchev–Trinajstić information content (AvgIpc) is 2.59. The summed E-state index contributed by atoms with van der Waals surface area (Å²) in [6.07, 6.45) is 4.85. The van der Waals surface area contributed by atoms with Crippen LogP contribution >= 0.6 is 0 Å². The van der Waals surface area contributed by atoms with Crippen molar-refractivity contribution in [3.63, 3.8) is 0 Å². The summed E-state index contributed by atoms with van der Waals surface area (Å²) >= 11 is 1.78. The molecule has 0 aliphatic rings. The van der Waals surface area contributed by atoms with Crippen LogP contribution in [-0.4, -0.2) is 34.9 Å². The zero-order valence-electron chi connectivity index (χ0n) is 12.8. The number of hydrogen-bond acceptors (Lipinski definition) is 2. The number of pyridine rings is 1. The van der Waals surface area contributed by atoms with Gasteiger partial charge in [-0.3, -0.25) is 0 Å². The van der Waals surface area contributed by atoms with Crippen molar-refractivity contribution in [3.8, 4) is 0 Å². The summed E-state index contributed by atoms with van der Waals surface area (Å²) in [5, 5.41) is 3.77. The van der Waals surface area contributed by atoms with Crippen molar-refractivity contribution < 1.29 is 0 Å². The first kappa shape index (κ1) is 15.1. The van der Waals surface area contributed by atoms with Gasteiger partial charge >= 0.3 is 140 Å². The van der Waals surface area contributed by atoms with Crippen LogP contribution in [0.1, 0.15) is 5.56 Å². The quantitative estimate of drug-likeness (QED) is 0.655. The molecule has 0 amide bonds. The Morgan fingerprint density at radius 1 is 1.05 bits per heavy atom. The monoisotopic (exact) mass is 352 g/mol. The summed E-state index contributed by atoms with van der Waals surface area (Å²) in [7, 11) is 2.20. The van der Waals surface area contributed by atoms with Crippen molar-refractivity contribution in [2.75, 3.05) is 11.9 Å². The molecule has 0 fully saturated rings. The van der Waals surface area contributed by atoms with E-state index in [0.29, 0.717) is 6.04 Å². The predicted molar refractivity (Wildman–Crippen MR) is 97.4 cm³/mol. The van der Waals surface area contributed by atoms with E-state index in [1.807, 2.05) is 18.5 Å². The van der Waals surface area contributed by atoms with Crippen LogP contribution < -0.4 is 4.90 Å². The number of nitrogens with zero attached hydrogens (tertiary/aromatic N) is 2. The Labute approximate surface area is 140 Å². The van der Waals surface area contributed by atoms with Gasteiger partial charge in [0.05, 0.1) is 0 Å². The Hall–Kier alpha value is -1.79. The normalized spacial score (nSPS) is 12.3. The predicted octanol–water partition coefficient (Wildman–Crippen LogP) is 3.33. The van der Waals surface area contributed by atoms with Gasteiger partial charge in [-0.1, -0.05) is 0 Å². The van der Waals surface area contributed by atoms with E-state index in [4.69, 9.17) is 0 Å². The molecule has 0 bridgehead atoms. The Morgan fingerprint density at radius 3 is 2.59 bits per heavy atom. The number of likely N-dealkylation sites (N-methyl/N-ethyl adjacent to an activating group) is 1. The van der Waals surface area contributed by atoms with E-state index < -0.39 is 0 Å². The molecule has 112 valence electrons. The fourth-order valence-corrected chi connectivity index (χ4v) is 3.79. The number of benzene rings is 2. The molecule has 0 saturated heterocycles. The van der Waals surface area contributed by atoms with Gasteiger partial charge < -0.3 is 0 Å². The molecule has 3 heteroatoms. The van der Waals surface area contributed by atoms with Gasteiger partial charge in [0, 0.05) is 0 Å². The Bertz CT molecular complexity index is 743. The molecule has 0 N–H and O–H groups in total. The summed E-state index contributed by atoms with van der Waals surface area (Å²) in [6.45, 7) is 0. The third-order valence-corrected chi connectivity index (χ3v) is 5.30. The second-order valence-electron chi connectivity index (χ2n) is 5.60. The van der Waals surface area contributed by atoms with E-state index in [0.717, 1.165) is 6.42 Å². The average molecular weight is 352 g/mol. The summed E-state index contributed by atoms with van der Waals surface area (Å²) in [4.78, 5) is 6.64. The van der Waals surface area contributed by atoms with E-state index in [9.17, 15) is 0 Å². The van der Waals surface area contributed by atoms with Crippen LogP contribution in [0.5, 0.6) is 0 Å². The molecule has 2 nitrogen and oxygen atoms in total. The molecule has 2 aromatic carbocycles. The van der Waals surface area contributed by atoms with Crippen molar-refractivity contribution in [2.24, 2.45) is 0 Å². The summed E-state index contributed by atoms with van der Waals surface area (Å²) in [5.41, 5.74) is 2.59. The summed E-state index contributed by atoms with van der Waals surface area (Å²) in [6, 6.07) is 19.9. The SMILES string of the molecule is CN(c1ccc2ccccc2c1)C(C[AsH2])Cc1cccnc1. The summed E-state index contributed by atoms with van der Waals surface area (Å²) < 4.78 is 0. The molecular formula is C19H21AsN2. The first-order chi connectivity index (χ1) is 10.8. The van der Waals surface area contributed by atoms with E-state index in [-0.39, 0.29) is 0 Å². The van der Waals surface area contributed by atoms with Crippen LogP contribution in [0, 0.1) is 0 Å². The van der Waals surface area contributed by atoms with Crippen LogP contribution in [0.25, 0.3) is 10.8 Å². The molecule has 1 aromatic heterocycles. The van der Waals surface area contributed by atoms with Crippen LogP contribution in [-0.2, 0) is 6.42 Å². The minimum atomic E-state index is 0.505. The topological polar surface area (TPSA) is 16.1 Å². The molecule has 0 saturated carbocycles. The third kappa shape index (κ3) is 3.34. The van der Waals surface area contributed by atoms with E-state index in [2.05, 4.69) is 65.5 Å². The Morgan fingerprint density at radius 2 is 1.86 bits per heavy atom. The molecule has 3 rings (SSSR count). The van der Waals surface area contributed by atoms with Crippen molar-refractivity contribution in [2.45, 2.75) is 17.7 Å². The standard InChI is InChI=1S/C19H21AsN2/c1-22(19(13-20)11-15-5-4-10-21-14-15)18-9-8-16-6-2-3-7-17(16)12-18/h2-10,12,14,19H,11,13,20H2,1H3. The molecule has 2 unspecified atom stereocenters. The number of hydrogen-bond donors (Lipinski definition) is 0. The molecule has 0 aliphatic heterocycles. The van der Waals surface area contributed by atoms with Crippen molar-refractivity contribution in [1.29, 1.82) is 0 Å². The molecule has 0 spiro atoms. The van der Waals surface area contributed by atoms with E-state index >= 15 is 0 Å². The maximum atomic E-state index is 4.23. The van der Waals surface area contributed by atoms with E-state index in [1.54, 1.807) is 16.9 Å². The van der Waals surface area contributed by atoms with Gasteiger partial charge in [-0.05, 0) is 0 Å². The van der Waals surface area contributed by atoms with Crippen LogP contribution in [0.3, 0.4) is 0 Å². The number of rotatable bonds is 5. The zero-order valence-corrected chi connectivity index (χ0v) is 15.2. The van der Waals surface area contributed by atoms with Gasteiger partial charge in [-0.2, -0.15) is 0 Å². The molecule has 0 aliphatic carbocycles. The van der Waals surface area contributed by atoms with Gasteiger partial charge in [0.15, 0.2) is 0 Å². The number of anilines is 1. The van der Waals surface area contributed by atoms with Gasteiger partial charge in [0.2, 0.25) is 0 Å². The van der Waals surface area contributed by atoms with E-state index in [1.165, 1.54) is 27.2 Å². The van der Waals surface area contributed by atoms with Crippen LogP contribution in [0.4, 0.5) is 5.69 Å². The molecule has 0 radical (unpaired) electrons. The maximum absolute atomic E-state index is 4.23. The zero-order chi connectivity index (χ0) is 15.4. The van der Waals surface area contributed by atoms with Crippen molar-refractivity contribution in [3.05, 3.63) is 72.6 Å². The van der Waals surface area contributed by atoms with Gasteiger partial charge in [0.25, 0.3) is 0 Å². The fourth-order valence-electron chi connectivity index (χ4n) is 2.78. The second kappa shape index (κ2) is 6.98. The molecule has 3 aromatic rings. The van der Waals surface area contributed by atoms with Gasteiger partial charge in [0.1, 0.15) is 0 Å². The Balaban J connectivity index is 1.84. The third-order valence-electron chi connectivity index (χ3n) is 4.15. The molecule has 22 heavy (non-hydrogen) atoms. The number of aromatic nitrogens is 1. The fraction of sp³-hybridized carbons (Fsp3) is 0.211. The van der Waals surface area contributed by atoms with Crippen LogP contribution in [0.2, 0.25) is 5.21 Å². The van der Waals surface area contributed by atoms with Gasteiger partial charge in [-0.15, -0.1) is 0 Å². The first-order valence-electron chi connectivity index (χ1n) is 7.58. The van der Waals surface area contributed by atoms with Gasteiger partial charge in [-0.25, -0.2) is 0 Å².